The van der Waals surface area contributed by atoms with E-state index in [1.54, 1.807) is 0 Å². The Labute approximate surface area is 130 Å². The van der Waals surface area contributed by atoms with E-state index in [9.17, 15) is 13.2 Å². The summed E-state index contributed by atoms with van der Waals surface area (Å²) in [7, 11) is -0.992. The monoisotopic (exact) mass is 328 g/mol. The highest BCUT2D eigenvalue weighted by Crippen LogP contribution is 2.25. The fourth-order valence-electron chi connectivity index (χ4n) is 2.33. The maximum Gasteiger partial charge on any atom is 0.341 e. The van der Waals surface area contributed by atoms with E-state index in [1.165, 1.54) is 36.7 Å². The Morgan fingerprint density at radius 1 is 1.23 bits per heavy atom. The third-order valence-corrected chi connectivity index (χ3v) is 5.41. The van der Waals surface area contributed by atoms with Crippen molar-refractivity contribution in [3.05, 3.63) is 23.8 Å². The number of sulfonamides is 1. The molecule has 0 saturated carbocycles. The molecule has 0 amide bonds. The molecule has 1 fully saturated rings. The van der Waals surface area contributed by atoms with Crippen LogP contribution in [-0.4, -0.2) is 59.1 Å². The second kappa shape index (κ2) is 7.08. The number of hydrogen-bond donors (Lipinski definition) is 1. The third kappa shape index (κ3) is 3.40. The van der Waals surface area contributed by atoms with Gasteiger partial charge in [0.05, 0.1) is 19.1 Å². The molecule has 0 atom stereocenters. The Hall–Kier alpha value is -1.64. The van der Waals surface area contributed by atoms with Crippen molar-refractivity contribution in [2.24, 2.45) is 0 Å². The van der Waals surface area contributed by atoms with E-state index in [-0.39, 0.29) is 16.2 Å². The highest BCUT2D eigenvalue weighted by molar-refractivity contribution is 7.89. The molecule has 8 heteroatoms. The number of methoxy groups -OCH3 is 2. The van der Waals surface area contributed by atoms with E-state index in [4.69, 9.17) is 4.74 Å². The lowest BCUT2D eigenvalue weighted by atomic mass is 10.2. The first-order valence-electron chi connectivity index (χ1n) is 6.98. The van der Waals surface area contributed by atoms with Gasteiger partial charge in [0.15, 0.2) is 0 Å². The Bertz CT molecular complexity index is 637. The summed E-state index contributed by atoms with van der Waals surface area (Å²) in [5.41, 5.74) is 0.0963. The van der Waals surface area contributed by atoms with Gasteiger partial charge in [-0.05, 0) is 31.2 Å². The third-order valence-electron chi connectivity index (χ3n) is 3.51. The normalized spacial score (nSPS) is 16.8. The standard InChI is InChI=1S/C14H20N2O5S/c1-20-13-5-4-11(10-12(13)14(17)21-2)22(18,19)16-8-3-6-15-7-9-16/h4-5,10,15H,3,6-9H2,1-2H3. The molecule has 0 spiro atoms. The number of carbonyl (C=O) groups is 1. The van der Waals surface area contributed by atoms with E-state index in [2.05, 4.69) is 10.1 Å². The maximum atomic E-state index is 12.7. The predicted octanol–water partition coefficient (Wildman–Crippen LogP) is 0.466. The quantitative estimate of drug-likeness (QED) is 0.809. The zero-order valence-corrected chi connectivity index (χ0v) is 13.5. The van der Waals surface area contributed by atoms with Gasteiger partial charge in [0.1, 0.15) is 11.3 Å². The largest absolute Gasteiger partial charge is 0.496 e. The molecular formula is C14H20N2O5S. The maximum absolute atomic E-state index is 12.7. The van der Waals surface area contributed by atoms with E-state index in [1.807, 2.05) is 0 Å². The second-order valence-corrected chi connectivity index (χ2v) is 6.80. The molecule has 2 rings (SSSR count). The number of esters is 1. The highest BCUT2D eigenvalue weighted by atomic mass is 32.2. The molecule has 1 aliphatic rings. The van der Waals surface area contributed by atoms with Crippen LogP contribution in [0, 0.1) is 0 Å². The van der Waals surface area contributed by atoms with Crippen LogP contribution in [-0.2, 0) is 14.8 Å². The molecule has 0 aliphatic carbocycles. The Kier molecular flexibility index (Phi) is 5.38. The highest BCUT2D eigenvalue weighted by Gasteiger charge is 2.27. The van der Waals surface area contributed by atoms with Crippen molar-refractivity contribution in [1.82, 2.24) is 9.62 Å². The van der Waals surface area contributed by atoms with E-state index >= 15 is 0 Å². The minimum absolute atomic E-state index is 0.0654. The smallest absolute Gasteiger partial charge is 0.341 e. The van der Waals surface area contributed by atoms with Gasteiger partial charge in [-0.3, -0.25) is 0 Å². The van der Waals surface area contributed by atoms with Gasteiger partial charge < -0.3 is 14.8 Å². The van der Waals surface area contributed by atoms with Crippen LogP contribution in [0.4, 0.5) is 0 Å². The molecular weight excluding hydrogens is 308 g/mol. The van der Waals surface area contributed by atoms with Crippen molar-refractivity contribution in [2.75, 3.05) is 40.4 Å². The molecule has 1 aromatic rings. The Morgan fingerprint density at radius 3 is 2.68 bits per heavy atom. The summed E-state index contributed by atoms with van der Waals surface area (Å²) in [6.45, 7) is 2.26. The van der Waals surface area contributed by atoms with Gasteiger partial charge in [-0.2, -0.15) is 4.31 Å². The molecule has 0 aromatic heterocycles. The first-order valence-corrected chi connectivity index (χ1v) is 8.42. The van der Waals surface area contributed by atoms with Gasteiger partial charge in [0.25, 0.3) is 0 Å². The summed E-state index contributed by atoms with van der Waals surface area (Å²) in [4.78, 5) is 11.8. The molecule has 1 aromatic carbocycles. The average molecular weight is 328 g/mol. The molecule has 0 unspecified atom stereocenters. The van der Waals surface area contributed by atoms with E-state index in [0.29, 0.717) is 19.6 Å². The topological polar surface area (TPSA) is 84.9 Å². The molecule has 0 bridgehead atoms. The second-order valence-electron chi connectivity index (χ2n) is 4.86. The van der Waals surface area contributed by atoms with Gasteiger partial charge in [-0.15, -0.1) is 0 Å². The van der Waals surface area contributed by atoms with Crippen LogP contribution < -0.4 is 10.1 Å². The first kappa shape index (κ1) is 16.7. The number of rotatable bonds is 4. The van der Waals surface area contributed by atoms with Gasteiger partial charge in [-0.1, -0.05) is 0 Å². The van der Waals surface area contributed by atoms with Crippen LogP contribution in [0.2, 0.25) is 0 Å². The molecule has 1 N–H and O–H groups in total. The van der Waals surface area contributed by atoms with E-state index in [0.717, 1.165) is 13.0 Å². The van der Waals surface area contributed by atoms with Gasteiger partial charge >= 0.3 is 5.97 Å². The summed E-state index contributed by atoms with van der Waals surface area (Å²) >= 11 is 0. The molecule has 1 heterocycles. The summed E-state index contributed by atoms with van der Waals surface area (Å²) in [5.74, 6) is -0.352. The van der Waals surface area contributed by atoms with Crippen LogP contribution in [0.5, 0.6) is 5.75 Å². The summed E-state index contributed by atoms with van der Waals surface area (Å²) in [5, 5.41) is 3.16. The minimum Gasteiger partial charge on any atom is -0.496 e. The number of nitrogens with one attached hydrogen (secondary N) is 1. The van der Waals surface area contributed by atoms with Crippen molar-refractivity contribution in [3.8, 4) is 5.75 Å². The fourth-order valence-corrected chi connectivity index (χ4v) is 3.83. The zero-order chi connectivity index (χ0) is 16.2. The van der Waals surface area contributed by atoms with Crippen LogP contribution >= 0.6 is 0 Å². The lowest BCUT2D eigenvalue weighted by Gasteiger charge is -2.20. The lowest BCUT2D eigenvalue weighted by molar-refractivity contribution is 0.0597. The van der Waals surface area contributed by atoms with Crippen molar-refractivity contribution in [2.45, 2.75) is 11.3 Å². The fraction of sp³-hybridized carbons (Fsp3) is 0.500. The van der Waals surface area contributed by atoms with E-state index < -0.39 is 16.0 Å². The molecule has 1 aliphatic heterocycles. The predicted molar refractivity (Wildman–Crippen MR) is 80.6 cm³/mol. The molecule has 1 saturated heterocycles. The summed E-state index contributed by atoms with van der Waals surface area (Å²) < 4.78 is 36.6. The van der Waals surface area contributed by atoms with Gasteiger partial charge in [0.2, 0.25) is 10.0 Å². The summed E-state index contributed by atoms with van der Waals surface area (Å²) in [6, 6.07) is 4.21. The SMILES string of the molecule is COC(=O)c1cc(S(=O)(=O)N2CCCNCC2)ccc1OC. The number of carbonyl (C=O) groups excluding carboxylic acids is 1. The number of hydrogen-bond acceptors (Lipinski definition) is 6. The van der Waals surface area contributed by atoms with Crippen LogP contribution in [0.1, 0.15) is 16.8 Å². The first-order chi connectivity index (χ1) is 10.5. The molecule has 122 valence electrons. The summed E-state index contributed by atoms with van der Waals surface area (Å²) in [6.07, 6.45) is 0.749. The van der Waals surface area contributed by atoms with Crippen molar-refractivity contribution < 1.29 is 22.7 Å². The van der Waals surface area contributed by atoms with Crippen molar-refractivity contribution >= 4 is 16.0 Å². The number of nitrogens with zero attached hydrogens (tertiary/aromatic N) is 1. The molecule has 22 heavy (non-hydrogen) atoms. The minimum atomic E-state index is -3.64. The van der Waals surface area contributed by atoms with Crippen molar-refractivity contribution in [3.63, 3.8) is 0 Å². The van der Waals surface area contributed by atoms with Crippen molar-refractivity contribution in [1.29, 1.82) is 0 Å². The van der Waals surface area contributed by atoms with Crippen LogP contribution in [0.15, 0.2) is 23.1 Å². The average Bonchev–Trinajstić information content (AvgIpc) is 2.83. The van der Waals surface area contributed by atoms with Crippen LogP contribution in [0.3, 0.4) is 0 Å². The Balaban J connectivity index is 2.40. The zero-order valence-electron chi connectivity index (χ0n) is 12.7. The van der Waals surface area contributed by atoms with Gasteiger partial charge in [0, 0.05) is 19.6 Å². The Morgan fingerprint density at radius 2 is 2.00 bits per heavy atom. The van der Waals surface area contributed by atoms with Crippen LogP contribution in [0.25, 0.3) is 0 Å². The molecule has 7 nitrogen and oxygen atoms in total. The van der Waals surface area contributed by atoms with Gasteiger partial charge in [-0.25, -0.2) is 13.2 Å². The molecule has 0 radical (unpaired) electrons. The number of benzene rings is 1. The lowest BCUT2D eigenvalue weighted by Crippen LogP contribution is -2.34. The number of ether oxygens (including phenoxy) is 2.